The Morgan fingerprint density at radius 3 is 2.40 bits per heavy atom. The molecule has 0 radical (unpaired) electrons. The minimum Gasteiger partial charge on any atom is -0.508 e. The fraction of sp³-hybridized carbons (Fsp3) is 0.323. The molecule has 1 heterocycles. The summed E-state index contributed by atoms with van der Waals surface area (Å²) in [5.74, 6) is -8.39. The van der Waals surface area contributed by atoms with Crippen LogP contribution in [-0.2, 0) is 14.4 Å². The Bertz CT molecular complexity index is 1730. The van der Waals surface area contributed by atoms with Crippen LogP contribution in [0.5, 0.6) is 5.75 Å². The van der Waals surface area contributed by atoms with Gasteiger partial charge < -0.3 is 35.3 Å². The highest BCUT2D eigenvalue weighted by Gasteiger charge is 2.68. The highest BCUT2D eigenvalue weighted by atomic mass is 16.4. The summed E-state index contributed by atoms with van der Waals surface area (Å²) in [6, 6.07) is 10.9. The molecular weight excluding hydrogens is 544 g/mol. The molecule has 6 N–H and O–H groups in total. The number of hydrogen-bond donors (Lipinski definition) is 6. The number of Topliss-reactive ketones (excluding diaryl/α,β-unsaturated/α-hetero) is 2. The summed E-state index contributed by atoms with van der Waals surface area (Å²) in [6.07, 6.45) is -1.63. The van der Waals surface area contributed by atoms with Crippen molar-refractivity contribution in [1.82, 2.24) is 10.2 Å². The minimum absolute atomic E-state index is 0.0830. The first-order valence-corrected chi connectivity index (χ1v) is 13.5. The fourth-order valence-electron chi connectivity index (χ4n) is 7.04. The van der Waals surface area contributed by atoms with Gasteiger partial charge in [0, 0.05) is 23.9 Å². The molecule has 11 nitrogen and oxygen atoms in total. The van der Waals surface area contributed by atoms with Crippen molar-refractivity contribution in [3.63, 3.8) is 0 Å². The van der Waals surface area contributed by atoms with E-state index in [1.165, 1.54) is 26.0 Å². The Labute approximate surface area is 240 Å². The molecule has 3 aliphatic carbocycles. The second-order valence-corrected chi connectivity index (χ2v) is 11.3. The van der Waals surface area contributed by atoms with E-state index >= 15 is 0 Å². The van der Waals surface area contributed by atoms with Gasteiger partial charge >= 0.3 is 0 Å². The van der Waals surface area contributed by atoms with Gasteiger partial charge in [-0.3, -0.25) is 19.3 Å². The SMILES string of the molecule is CNC(=O)C1=C(O)[C@@]2(O)C(=O)C3=C(O)c4c(ccc(-c5cc6ccccc6o5)c4O)[C@H](C)[C@H]3[C@H](O)[C@H]2[C@H](N(C)C)C1=O. The number of furan rings is 1. The topological polar surface area (TPSA) is 181 Å². The third-order valence-corrected chi connectivity index (χ3v) is 9.03. The first-order valence-electron chi connectivity index (χ1n) is 13.5. The molecular formula is C31H30N2O9. The van der Waals surface area contributed by atoms with Crippen LogP contribution in [0.15, 0.2) is 63.8 Å². The number of aliphatic hydroxyl groups excluding tert-OH is 3. The number of aliphatic hydroxyl groups is 4. The van der Waals surface area contributed by atoms with Gasteiger partial charge in [-0.1, -0.05) is 31.2 Å². The summed E-state index contributed by atoms with van der Waals surface area (Å²) >= 11 is 0. The second kappa shape index (κ2) is 9.28. The number of carbonyl (C=O) groups excluding carboxylic acids is 3. The van der Waals surface area contributed by atoms with Crippen molar-refractivity contribution in [2.75, 3.05) is 21.1 Å². The standard InChI is InChI=1S/C31H30N2O9/c1-12-14-9-10-15(17-11-13-7-5-6-8-16(13)42-17)24(34)19(14)25(35)20-18(12)26(36)22-23(33(3)4)27(37)21(30(40)32-2)29(39)31(22,41)28(20)38/h5-12,18,22-23,26,34-36,39,41H,1-4H3,(H,32,40)/t12-,18+,22+,23-,26-,31-/m0/s1. The van der Waals surface area contributed by atoms with Crippen LogP contribution in [0.2, 0.25) is 0 Å². The van der Waals surface area contributed by atoms with Crippen molar-refractivity contribution in [3.8, 4) is 17.1 Å². The van der Waals surface area contributed by atoms with E-state index in [0.29, 0.717) is 16.9 Å². The first-order chi connectivity index (χ1) is 19.9. The fourth-order valence-corrected chi connectivity index (χ4v) is 7.04. The number of ketones is 2. The number of aromatic hydroxyl groups is 1. The van der Waals surface area contributed by atoms with Gasteiger partial charge in [0.05, 0.1) is 29.2 Å². The number of carbonyl (C=O) groups is 3. The molecule has 0 unspecified atom stereocenters. The lowest BCUT2D eigenvalue weighted by molar-refractivity contribution is -0.169. The molecule has 6 rings (SSSR count). The summed E-state index contributed by atoms with van der Waals surface area (Å²) in [6.45, 7) is 1.69. The predicted molar refractivity (Wildman–Crippen MR) is 150 cm³/mol. The smallest absolute Gasteiger partial charge is 0.258 e. The van der Waals surface area contributed by atoms with Crippen molar-refractivity contribution in [2.24, 2.45) is 11.8 Å². The molecule has 42 heavy (non-hydrogen) atoms. The molecule has 2 aromatic carbocycles. The number of hydrogen-bond acceptors (Lipinski definition) is 10. The van der Waals surface area contributed by atoms with Crippen LogP contribution in [0.25, 0.3) is 28.1 Å². The van der Waals surface area contributed by atoms with Crippen LogP contribution < -0.4 is 5.32 Å². The summed E-state index contributed by atoms with van der Waals surface area (Å²) in [7, 11) is 4.20. The summed E-state index contributed by atoms with van der Waals surface area (Å²) < 4.78 is 5.90. The summed E-state index contributed by atoms with van der Waals surface area (Å²) in [5, 5.41) is 60.9. The number of fused-ring (bicyclic) bond motifs is 4. The molecule has 6 atom stereocenters. The molecule has 3 aliphatic rings. The quantitative estimate of drug-likeness (QED) is 0.254. The van der Waals surface area contributed by atoms with Crippen LogP contribution in [-0.4, -0.2) is 86.8 Å². The van der Waals surface area contributed by atoms with Crippen molar-refractivity contribution < 1.29 is 44.3 Å². The molecule has 3 aromatic rings. The van der Waals surface area contributed by atoms with Crippen molar-refractivity contribution >= 4 is 34.2 Å². The van der Waals surface area contributed by atoms with Crippen LogP contribution in [0.3, 0.4) is 0 Å². The maximum absolute atomic E-state index is 14.2. The van der Waals surface area contributed by atoms with E-state index in [2.05, 4.69) is 5.32 Å². The Balaban J connectivity index is 1.59. The number of phenolic OH excluding ortho intramolecular Hbond substituents is 1. The number of rotatable bonds is 3. The van der Waals surface area contributed by atoms with E-state index in [1.54, 1.807) is 37.3 Å². The lowest BCUT2D eigenvalue weighted by atomic mass is 9.54. The van der Waals surface area contributed by atoms with Crippen molar-refractivity contribution in [3.05, 3.63) is 70.5 Å². The maximum Gasteiger partial charge on any atom is 0.258 e. The maximum atomic E-state index is 14.2. The molecule has 0 spiro atoms. The van der Waals surface area contributed by atoms with E-state index < -0.39 is 75.6 Å². The van der Waals surface area contributed by atoms with Gasteiger partial charge in [0.2, 0.25) is 5.78 Å². The number of benzene rings is 2. The monoisotopic (exact) mass is 574 g/mol. The van der Waals surface area contributed by atoms with Gasteiger partial charge in [-0.2, -0.15) is 0 Å². The summed E-state index contributed by atoms with van der Waals surface area (Å²) in [5.41, 5.74) is -3.00. The molecule has 218 valence electrons. The first kappa shape index (κ1) is 27.7. The van der Waals surface area contributed by atoms with Crippen molar-refractivity contribution in [2.45, 2.75) is 30.6 Å². The molecule has 0 saturated heterocycles. The Hall–Kier alpha value is -4.45. The zero-order valence-corrected chi connectivity index (χ0v) is 23.2. The molecule has 1 aromatic heterocycles. The molecule has 1 amide bonds. The normalized spacial score (nSPS) is 29.1. The highest BCUT2D eigenvalue weighted by molar-refractivity contribution is 6.25. The van der Waals surface area contributed by atoms with Gasteiger partial charge in [-0.25, -0.2) is 0 Å². The average molecular weight is 575 g/mol. The highest BCUT2D eigenvalue weighted by Crippen LogP contribution is 2.57. The van der Waals surface area contributed by atoms with Crippen LogP contribution in [0, 0.1) is 11.8 Å². The third kappa shape index (κ3) is 3.41. The van der Waals surface area contributed by atoms with E-state index in [0.717, 1.165) is 5.39 Å². The number of likely N-dealkylation sites (N-methyl/N-ethyl adjacent to an activating group) is 2. The molecule has 0 bridgehead atoms. The van der Waals surface area contributed by atoms with E-state index in [1.807, 2.05) is 12.1 Å². The lowest BCUT2D eigenvalue weighted by Crippen LogP contribution is -2.70. The van der Waals surface area contributed by atoms with E-state index in [4.69, 9.17) is 4.42 Å². The Morgan fingerprint density at radius 1 is 1.07 bits per heavy atom. The predicted octanol–water partition coefficient (Wildman–Crippen LogP) is 2.17. The lowest BCUT2D eigenvalue weighted by Gasteiger charge is -2.53. The Morgan fingerprint density at radius 2 is 1.76 bits per heavy atom. The van der Waals surface area contributed by atoms with Gasteiger partial charge in [0.15, 0.2) is 11.4 Å². The van der Waals surface area contributed by atoms with Crippen LogP contribution in [0.4, 0.5) is 0 Å². The van der Waals surface area contributed by atoms with E-state index in [-0.39, 0.29) is 16.9 Å². The Kier molecular flexibility index (Phi) is 6.12. The van der Waals surface area contributed by atoms with Gasteiger partial charge in [0.25, 0.3) is 5.91 Å². The molecule has 1 saturated carbocycles. The number of para-hydroxylation sites is 1. The zero-order valence-electron chi connectivity index (χ0n) is 23.2. The van der Waals surface area contributed by atoms with Crippen LogP contribution in [0.1, 0.15) is 24.0 Å². The number of amides is 1. The number of nitrogens with zero attached hydrogens (tertiary/aromatic N) is 1. The number of nitrogens with one attached hydrogen (secondary N) is 1. The van der Waals surface area contributed by atoms with Crippen molar-refractivity contribution in [1.29, 1.82) is 0 Å². The van der Waals surface area contributed by atoms with E-state index in [9.17, 15) is 39.9 Å². The average Bonchev–Trinajstić information content (AvgIpc) is 3.38. The second-order valence-electron chi connectivity index (χ2n) is 11.3. The molecule has 0 aliphatic heterocycles. The number of phenols is 1. The molecule has 1 fully saturated rings. The molecule has 11 heteroatoms. The van der Waals surface area contributed by atoms with Crippen LogP contribution >= 0.6 is 0 Å². The summed E-state index contributed by atoms with van der Waals surface area (Å²) in [4.78, 5) is 41.7. The minimum atomic E-state index is -2.92. The largest absolute Gasteiger partial charge is 0.508 e. The zero-order chi connectivity index (χ0) is 30.4. The van der Waals surface area contributed by atoms with Gasteiger partial charge in [-0.05, 0) is 43.8 Å². The van der Waals surface area contributed by atoms with Gasteiger partial charge in [-0.15, -0.1) is 0 Å². The third-order valence-electron chi connectivity index (χ3n) is 9.03. The van der Waals surface area contributed by atoms with Gasteiger partial charge in [0.1, 0.15) is 34.2 Å².